The Kier molecular flexibility index (Phi) is 4.55. The lowest BCUT2D eigenvalue weighted by atomic mass is 10.0. The van der Waals surface area contributed by atoms with E-state index in [1.807, 2.05) is 0 Å². The maximum Gasteiger partial charge on any atom is 0.249 e. The molecule has 1 aromatic carbocycles. The number of aryl methyl sites for hydroxylation is 1. The Balaban J connectivity index is 2.19. The second kappa shape index (κ2) is 6.51. The number of carbonyl (C=O) groups is 1. The van der Waals surface area contributed by atoms with Crippen molar-refractivity contribution in [2.45, 2.75) is 24.9 Å². The zero-order chi connectivity index (χ0) is 18.2. The third-order valence-electron chi connectivity index (χ3n) is 4.07. The summed E-state index contributed by atoms with van der Waals surface area (Å²) in [6.07, 6.45) is 3.79. The molecule has 2 aromatic rings. The van der Waals surface area contributed by atoms with Crippen LogP contribution in [-0.2, 0) is 9.84 Å². The number of aldehydes is 1. The summed E-state index contributed by atoms with van der Waals surface area (Å²) < 4.78 is 37.3. The molecule has 1 heterocycles. The second-order valence-electron chi connectivity index (χ2n) is 6.29. The molecule has 1 aliphatic rings. The second-order valence-corrected chi connectivity index (χ2v) is 8.20. The van der Waals surface area contributed by atoms with E-state index in [4.69, 9.17) is 0 Å². The van der Waals surface area contributed by atoms with Crippen molar-refractivity contribution in [3.63, 3.8) is 0 Å². The van der Waals surface area contributed by atoms with Gasteiger partial charge in [-0.2, -0.15) is 0 Å². The Hall–Kier alpha value is -2.35. The Morgan fingerprint density at radius 1 is 1.32 bits per heavy atom. The third kappa shape index (κ3) is 3.84. The minimum atomic E-state index is -3.68. The van der Waals surface area contributed by atoms with Crippen LogP contribution in [0.4, 0.5) is 10.2 Å². The van der Waals surface area contributed by atoms with E-state index in [1.54, 1.807) is 6.92 Å². The highest BCUT2D eigenvalue weighted by Gasteiger charge is 2.25. The van der Waals surface area contributed by atoms with Gasteiger partial charge in [-0.05, 0) is 49.4 Å². The Morgan fingerprint density at radius 3 is 2.60 bits per heavy atom. The number of hydrogen-bond acceptors (Lipinski definition) is 6. The van der Waals surface area contributed by atoms with E-state index in [1.165, 1.54) is 18.2 Å². The fraction of sp³-hybridized carbons (Fsp3) is 0.353. The normalized spacial score (nSPS) is 14.4. The predicted octanol–water partition coefficient (Wildman–Crippen LogP) is 2.63. The summed E-state index contributed by atoms with van der Waals surface area (Å²) >= 11 is 0. The number of sulfone groups is 1. The van der Waals surface area contributed by atoms with Crippen molar-refractivity contribution in [1.29, 1.82) is 0 Å². The first-order valence-electron chi connectivity index (χ1n) is 7.87. The summed E-state index contributed by atoms with van der Waals surface area (Å²) in [6.45, 7) is 2.29. The number of aromatic nitrogens is 2. The Bertz CT molecular complexity index is 940. The predicted molar refractivity (Wildman–Crippen MR) is 91.9 cm³/mol. The van der Waals surface area contributed by atoms with Gasteiger partial charge >= 0.3 is 0 Å². The van der Waals surface area contributed by atoms with Crippen LogP contribution >= 0.6 is 0 Å². The van der Waals surface area contributed by atoms with Crippen LogP contribution in [0.3, 0.4) is 0 Å². The standard InChI is InChI=1S/C17H18FN3O3S/c1-10-7-12(18)5-6-13(10)15-14(9-22)16(19-8-11-3-4-11)21-17(20-15)25(2,23)24/h5-7,9,11H,3-4,8H2,1-2H3,(H,19,20,21). The smallest absolute Gasteiger partial charge is 0.249 e. The molecule has 0 radical (unpaired) electrons. The van der Waals surface area contributed by atoms with Crippen LogP contribution in [-0.4, -0.2) is 37.5 Å². The summed E-state index contributed by atoms with van der Waals surface area (Å²) in [5.74, 6) is 0.279. The first-order chi connectivity index (χ1) is 11.8. The van der Waals surface area contributed by atoms with Crippen molar-refractivity contribution < 1.29 is 17.6 Å². The maximum atomic E-state index is 13.4. The summed E-state index contributed by atoms with van der Waals surface area (Å²) in [5, 5.41) is 2.69. The molecule has 0 atom stereocenters. The van der Waals surface area contributed by atoms with E-state index in [0.717, 1.165) is 19.1 Å². The molecule has 3 rings (SSSR count). The first-order valence-corrected chi connectivity index (χ1v) is 9.76. The lowest BCUT2D eigenvalue weighted by Crippen LogP contribution is -2.14. The average molecular weight is 363 g/mol. The quantitative estimate of drug-likeness (QED) is 0.627. The lowest BCUT2D eigenvalue weighted by Gasteiger charge is -2.14. The molecule has 25 heavy (non-hydrogen) atoms. The van der Waals surface area contributed by atoms with Crippen LogP contribution in [0.5, 0.6) is 0 Å². The van der Waals surface area contributed by atoms with Crippen molar-refractivity contribution >= 4 is 21.9 Å². The minimum absolute atomic E-state index is 0.169. The Labute approximate surface area is 145 Å². The zero-order valence-electron chi connectivity index (χ0n) is 13.9. The van der Waals surface area contributed by atoms with Crippen molar-refractivity contribution in [2.24, 2.45) is 5.92 Å². The van der Waals surface area contributed by atoms with E-state index in [9.17, 15) is 17.6 Å². The van der Waals surface area contributed by atoms with E-state index in [-0.39, 0.29) is 22.2 Å². The summed E-state index contributed by atoms with van der Waals surface area (Å²) in [6, 6.07) is 4.04. The topological polar surface area (TPSA) is 89.0 Å². The number of benzene rings is 1. The summed E-state index contributed by atoms with van der Waals surface area (Å²) in [4.78, 5) is 19.8. The SMILES string of the molecule is Cc1cc(F)ccc1-c1nc(S(C)(=O)=O)nc(NCC2CC2)c1C=O. The van der Waals surface area contributed by atoms with Gasteiger partial charge in [-0.25, -0.2) is 22.8 Å². The molecule has 1 aromatic heterocycles. The van der Waals surface area contributed by atoms with Gasteiger partial charge in [0.05, 0.1) is 11.3 Å². The van der Waals surface area contributed by atoms with Gasteiger partial charge < -0.3 is 5.32 Å². The van der Waals surface area contributed by atoms with Gasteiger partial charge in [0.2, 0.25) is 15.0 Å². The van der Waals surface area contributed by atoms with Gasteiger partial charge in [-0.3, -0.25) is 4.79 Å². The highest BCUT2D eigenvalue weighted by Crippen LogP contribution is 2.32. The zero-order valence-corrected chi connectivity index (χ0v) is 14.7. The average Bonchev–Trinajstić information content (AvgIpc) is 3.35. The number of nitrogens with one attached hydrogen (secondary N) is 1. The van der Waals surface area contributed by atoms with Crippen LogP contribution in [0.2, 0.25) is 0 Å². The van der Waals surface area contributed by atoms with Crippen LogP contribution < -0.4 is 5.32 Å². The van der Waals surface area contributed by atoms with Gasteiger partial charge in [0.25, 0.3) is 0 Å². The molecular formula is C17H18FN3O3S. The molecule has 1 fully saturated rings. The number of hydrogen-bond donors (Lipinski definition) is 1. The first kappa shape index (κ1) is 17.5. The summed E-state index contributed by atoms with van der Waals surface area (Å²) in [7, 11) is -3.68. The van der Waals surface area contributed by atoms with E-state index < -0.39 is 15.7 Å². The number of rotatable bonds is 6. The molecule has 1 N–H and O–H groups in total. The van der Waals surface area contributed by atoms with Crippen LogP contribution in [0.1, 0.15) is 28.8 Å². The van der Waals surface area contributed by atoms with Crippen LogP contribution in [0, 0.1) is 18.7 Å². The molecule has 0 unspecified atom stereocenters. The van der Waals surface area contributed by atoms with Crippen molar-refractivity contribution in [3.8, 4) is 11.3 Å². The Morgan fingerprint density at radius 2 is 2.04 bits per heavy atom. The molecule has 0 amide bonds. The van der Waals surface area contributed by atoms with Gasteiger partial charge in [0, 0.05) is 18.4 Å². The molecule has 132 valence electrons. The fourth-order valence-electron chi connectivity index (χ4n) is 2.52. The largest absolute Gasteiger partial charge is 0.369 e. The van der Waals surface area contributed by atoms with Crippen molar-refractivity contribution in [2.75, 3.05) is 18.1 Å². The number of carbonyl (C=O) groups excluding carboxylic acids is 1. The molecule has 0 bridgehead atoms. The summed E-state index contributed by atoms with van der Waals surface area (Å²) in [5.41, 5.74) is 1.39. The number of halogens is 1. The van der Waals surface area contributed by atoms with Gasteiger partial charge in [0.15, 0.2) is 6.29 Å². The van der Waals surface area contributed by atoms with Crippen molar-refractivity contribution in [1.82, 2.24) is 9.97 Å². The van der Waals surface area contributed by atoms with Crippen LogP contribution in [0.15, 0.2) is 23.4 Å². The number of nitrogens with zero attached hydrogens (tertiary/aromatic N) is 2. The highest BCUT2D eigenvalue weighted by molar-refractivity contribution is 7.90. The van der Waals surface area contributed by atoms with Gasteiger partial charge in [-0.1, -0.05) is 0 Å². The molecule has 0 aliphatic heterocycles. The van der Waals surface area contributed by atoms with Crippen molar-refractivity contribution in [3.05, 3.63) is 35.1 Å². The van der Waals surface area contributed by atoms with Gasteiger partial charge in [0.1, 0.15) is 11.6 Å². The lowest BCUT2D eigenvalue weighted by molar-refractivity contribution is 0.112. The third-order valence-corrected chi connectivity index (χ3v) is 4.92. The van der Waals surface area contributed by atoms with Gasteiger partial charge in [-0.15, -0.1) is 0 Å². The number of anilines is 1. The van der Waals surface area contributed by atoms with E-state index in [0.29, 0.717) is 29.9 Å². The van der Waals surface area contributed by atoms with E-state index in [2.05, 4.69) is 15.3 Å². The molecular weight excluding hydrogens is 345 g/mol. The molecule has 8 heteroatoms. The molecule has 0 spiro atoms. The molecule has 6 nitrogen and oxygen atoms in total. The molecule has 1 saturated carbocycles. The minimum Gasteiger partial charge on any atom is -0.369 e. The molecule has 0 saturated heterocycles. The highest BCUT2D eigenvalue weighted by atomic mass is 32.2. The molecule has 1 aliphatic carbocycles. The van der Waals surface area contributed by atoms with E-state index >= 15 is 0 Å². The fourth-order valence-corrected chi connectivity index (χ4v) is 3.04. The van der Waals surface area contributed by atoms with Crippen LogP contribution in [0.25, 0.3) is 11.3 Å². The monoisotopic (exact) mass is 363 g/mol. The maximum absolute atomic E-state index is 13.4.